The largest absolute Gasteiger partial charge is 0.380 e. The number of rotatable bonds is 6. The molecule has 0 radical (unpaired) electrons. The molecule has 1 aromatic heterocycles. The molecule has 0 fully saturated rings. The SMILES string of the molecule is COC(C(C)C)C(Cc1ccncc1Cl)NN. The van der Waals surface area contributed by atoms with Crippen molar-refractivity contribution in [1.82, 2.24) is 10.4 Å². The third kappa shape index (κ3) is 3.92. The van der Waals surface area contributed by atoms with E-state index in [1.54, 1.807) is 19.5 Å². The normalized spacial score (nSPS) is 14.9. The average Bonchev–Trinajstić information content (AvgIpc) is 2.30. The van der Waals surface area contributed by atoms with Crippen LogP contribution >= 0.6 is 11.6 Å². The van der Waals surface area contributed by atoms with Crippen molar-refractivity contribution in [2.24, 2.45) is 11.8 Å². The van der Waals surface area contributed by atoms with Crippen molar-refractivity contribution >= 4 is 11.6 Å². The molecule has 1 rings (SSSR count). The molecular formula is C12H20ClN3O. The fraction of sp³-hybridized carbons (Fsp3) is 0.583. The molecule has 0 aliphatic rings. The molecule has 0 aromatic carbocycles. The number of ether oxygens (including phenoxy) is 1. The van der Waals surface area contributed by atoms with Gasteiger partial charge in [0.1, 0.15) is 0 Å². The third-order valence-electron chi connectivity index (χ3n) is 2.84. The Morgan fingerprint density at radius 2 is 2.24 bits per heavy atom. The van der Waals surface area contributed by atoms with Crippen molar-refractivity contribution in [3.05, 3.63) is 29.0 Å². The molecule has 0 bridgehead atoms. The number of nitrogens with one attached hydrogen (secondary N) is 1. The van der Waals surface area contributed by atoms with Crippen LogP contribution in [0.2, 0.25) is 5.02 Å². The second-order valence-corrected chi connectivity index (χ2v) is 4.80. The molecule has 1 aromatic rings. The van der Waals surface area contributed by atoms with Crippen LogP contribution in [0.1, 0.15) is 19.4 Å². The van der Waals surface area contributed by atoms with Crippen LogP contribution in [0.3, 0.4) is 0 Å². The minimum atomic E-state index is 0.0277. The van der Waals surface area contributed by atoms with Crippen molar-refractivity contribution in [3.8, 4) is 0 Å². The molecular weight excluding hydrogens is 238 g/mol. The fourth-order valence-electron chi connectivity index (χ4n) is 1.98. The molecule has 0 amide bonds. The van der Waals surface area contributed by atoms with Crippen LogP contribution in [-0.2, 0) is 11.2 Å². The van der Waals surface area contributed by atoms with Gasteiger partial charge in [-0.2, -0.15) is 0 Å². The maximum Gasteiger partial charge on any atom is 0.0763 e. The van der Waals surface area contributed by atoms with Crippen LogP contribution in [0.5, 0.6) is 0 Å². The highest BCUT2D eigenvalue weighted by atomic mass is 35.5. The summed E-state index contributed by atoms with van der Waals surface area (Å²) in [5, 5.41) is 0.659. The van der Waals surface area contributed by atoms with E-state index in [-0.39, 0.29) is 12.1 Å². The topological polar surface area (TPSA) is 60.2 Å². The number of halogens is 1. The minimum absolute atomic E-state index is 0.0277. The van der Waals surface area contributed by atoms with Crippen LogP contribution < -0.4 is 11.3 Å². The lowest BCUT2D eigenvalue weighted by Crippen LogP contribution is -2.48. The van der Waals surface area contributed by atoms with Crippen LogP contribution in [0, 0.1) is 5.92 Å². The fourth-order valence-corrected chi connectivity index (χ4v) is 2.17. The van der Waals surface area contributed by atoms with Gasteiger partial charge < -0.3 is 4.74 Å². The van der Waals surface area contributed by atoms with Crippen LogP contribution in [0.15, 0.2) is 18.5 Å². The molecule has 0 saturated carbocycles. The van der Waals surface area contributed by atoms with E-state index in [4.69, 9.17) is 22.2 Å². The Hall–Kier alpha value is -0.680. The quantitative estimate of drug-likeness (QED) is 0.603. The zero-order valence-corrected chi connectivity index (χ0v) is 11.2. The molecule has 4 nitrogen and oxygen atoms in total. The highest BCUT2D eigenvalue weighted by molar-refractivity contribution is 6.31. The van der Waals surface area contributed by atoms with Crippen molar-refractivity contribution in [2.75, 3.05) is 7.11 Å². The Labute approximate surface area is 107 Å². The molecule has 0 aliphatic heterocycles. The van der Waals surface area contributed by atoms with E-state index < -0.39 is 0 Å². The first-order valence-electron chi connectivity index (χ1n) is 5.67. The zero-order valence-electron chi connectivity index (χ0n) is 10.5. The van der Waals surface area contributed by atoms with E-state index in [2.05, 4.69) is 24.3 Å². The Morgan fingerprint density at radius 3 is 2.71 bits per heavy atom. The molecule has 3 N–H and O–H groups in total. The Morgan fingerprint density at radius 1 is 1.53 bits per heavy atom. The number of hydrogen-bond donors (Lipinski definition) is 2. The third-order valence-corrected chi connectivity index (χ3v) is 3.18. The summed E-state index contributed by atoms with van der Waals surface area (Å²) in [6.45, 7) is 4.21. The standard InChI is InChI=1S/C12H20ClN3O/c1-8(2)12(17-3)11(16-14)6-9-4-5-15-7-10(9)13/h4-5,7-8,11-12,16H,6,14H2,1-3H3. The number of pyridine rings is 1. The van der Waals surface area contributed by atoms with Crippen LogP contribution in [0.25, 0.3) is 0 Å². The minimum Gasteiger partial charge on any atom is -0.380 e. The first-order valence-corrected chi connectivity index (χ1v) is 6.05. The van der Waals surface area contributed by atoms with Gasteiger partial charge in [0, 0.05) is 19.5 Å². The summed E-state index contributed by atoms with van der Waals surface area (Å²) >= 11 is 6.08. The molecule has 17 heavy (non-hydrogen) atoms. The first kappa shape index (κ1) is 14.4. The Balaban J connectivity index is 2.79. The highest BCUT2D eigenvalue weighted by Crippen LogP contribution is 2.19. The van der Waals surface area contributed by atoms with Gasteiger partial charge in [-0.3, -0.25) is 16.3 Å². The predicted molar refractivity (Wildman–Crippen MR) is 69.7 cm³/mol. The van der Waals surface area contributed by atoms with Gasteiger partial charge in [-0.15, -0.1) is 0 Å². The van der Waals surface area contributed by atoms with Gasteiger partial charge in [0.2, 0.25) is 0 Å². The summed E-state index contributed by atoms with van der Waals surface area (Å²) in [5.41, 5.74) is 3.83. The Bertz CT molecular complexity index is 346. The molecule has 1 heterocycles. The Kier molecular flexibility index (Phi) is 5.85. The monoisotopic (exact) mass is 257 g/mol. The van der Waals surface area contributed by atoms with E-state index in [0.29, 0.717) is 17.4 Å². The molecule has 0 spiro atoms. The van der Waals surface area contributed by atoms with Crippen molar-refractivity contribution in [1.29, 1.82) is 0 Å². The lowest BCUT2D eigenvalue weighted by molar-refractivity contribution is 0.0332. The van der Waals surface area contributed by atoms with Crippen molar-refractivity contribution in [3.63, 3.8) is 0 Å². The van der Waals surface area contributed by atoms with Gasteiger partial charge >= 0.3 is 0 Å². The van der Waals surface area contributed by atoms with E-state index >= 15 is 0 Å². The number of hydrazine groups is 1. The number of aromatic nitrogens is 1. The molecule has 2 atom stereocenters. The van der Waals surface area contributed by atoms with Gasteiger partial charge in [-0.1, -0.05) is 25.4 Å². The van der Waals surface area contributed by atoms with Gasteiger partial charge in [-0.25, -0.2) is 0 Å². The lowest BCUT2D eigenvalue weighted by atomic mass is 9.95. The average molecular weight is 258 g/mol. The number of nitrogens with zero attached hydrogens (tertiary/aromatic N) is 1. The smallest absolute Gasteiger partial charge is 0.0763 e. The second-order valence-electron chi connectivity index (χ2n) is 4.39. The van der Waals surface area contributed by atoms with E-state index in [1.807, 2.05) is 6.07 Å². The van der Waals surface area contributed by atoms with Gasteiger partial charge in [0.25, 0.3) is 0 Å². The molecule has 5 heteroatoms. The summed E-state index contributed by atoms with van der Waals surface area (Å²) in [5.74, 6) is 5.97. The predicted octanol–water partition coefficient (Wildman–Crippen LogP) is 1.78. The molecule has 0 saturated heterocycles. The van der Waals surface area contributed by atoms with Gasteiger partial charge in [-0.05, 0) is 24.0 Å². The summed E-state index contributed by atoms with van der Waals surface area (Å²) in [6.07, 6.45) is 4.13. The lowest BCUT2D eigenvalue weighted by Gasteiger charge is -2.28. The molecule has 2 unspecified atom stereocenters. The summed E-state index contributed by atoms with van der Waals surface area (Å²) in [7, 11) is 1.70. The van der Waals surface area contributed by atoms with Crippen LogP contribution in [-0.4, -0.2) is 24.2 Å². The molecule has 96 valence electrons. The number of nitrogens with two attached hydrogens (primary N) is 1. The maximum atomic E-state index is 6.08. The van der Waals surface area contributed by atoms with Gasteiger partial charge in [0.15, 0.2) is 0 Å². The highest BCUT2D eigenvalue weighted by Gasteiger charge is 2.24. The summed E-state index contributed by atoms with van der Waals surface area (Å²) < 4.78 is 5.48. The maximum absolute atomic E-state index is 6.08. The zero-order chi connectivity index (χ0) is 12.8. The summed E-state index contributed by atoms with van der Waals surface area (Å²) in [6, 6.07) is 1.93. The first-order chi connectivity index (χ1) is 8.10. The van der Waals surface area contributed by atoms with E-state index in [0.717, 1.165) is 5.56 Å². The van der Waals surface area contributed by atoms with Gasteiger partial charge in [0.05, 0.1) is 17.2 Å². The number of methoxy groups -OCH3 is 1. The van der Waals surface area contributed by atoms with E-state index in [1.165, 1.54) is 0 Å². The van der Waals surface area contributed by atoms with E-state index in [9.17, 15) is 0 Å². The molecule has 0 aliphatic carbocycles. The van der Waals surface area contributed by atoms with Crippen molar-refractivity contribution in [2.45, 2.75) is 32.4 Å². The summed E-state index contributed by atoms with van der Waals surface area (Å²) in [4.78, 5) is 3.96. The van der Waals surface area contributed by atoms with Crippen molar-refractivity contribution < 1.29 is 4.74 Å². The van der Waals surface area contributed by atoms with Crippen LogP contribution in [0.4, 0.5) is 0 Å². The second kappa shape index (κ2) is 6.91. The number of hydrogen-bond acceptors (Lipinski definition) is 4.